The minimum atomic E-state index is 0.0304. The Morgan fingerprint density at radius 3 is 2.45 bits per heavy atom. The summed E-state index contributed by atoms with van der Waals surface area (Å²) >= 11 is 0. The van der Waals surface area contributed by atoms with Gasteiger partial charge in [-0.25, -0.2) is 0 Å². The third-order valence-electron chi connectivity index (χ3n) is 4.86. The van der Waals surface area contributed by atoms with Gasteiger partial charge in [-0.05, 0) is 61.4 Å². The summed E-state index contributed by atoms with van der Waals surface area (Å²) in [6.45, 7) is 12.2. The lowest BCUT2D eigenvalue weighted by molar-refractivity contribution is -0.113. The highest BCUT2D eigenvalue weighted by Gasteiger charge is 2.35. The number of Topliss-reactive ketones (excluding diaryl/α,β-unsaturated/α-hetero) is 2. The van der Waals surface area contributed by atoms with Crippen molar-refractivity contribution < 1.29 is 9.59 Å². The molecule has 0 bridgehead atoms. The predicted octanol–water partition coefficient (Wildman–Crippen LogP) is 4.54. The Kier molecular flexibility index (Phi) is 3.43. The molecule has 2 nitrogen and oxygen atoms in total. The van der Waals surface area contributed by atoms with E-state index in [9.17, 15) is 9.59 Å². The van der Waals surface area contributed by atoms with Gasteiger partial charge in [-0.2, -0.15) is 0 Å². The van der Waals surface area contributed by atoms with E-state index in [1.54, 1.807) is 0 Å². The molecule has 0 saturated carbocycles. The minimum absolute atomic E-state index is 0.0304. The van der Waals surface area contributed by atoms with Gasteiger partial charge in [0.25, 0.3) is 0 Å². The molecule has 0 spiro atoms. The molecule has 0 radical (unpaired) electrons. The first-order valence-electron chi connectivity index (χ1n) is 7.92. The molecule has 0 N–H and O–H groups in total. The van der Waals surface area contributed by atoms with Crippen LogP contribution < -0.4 is 0 Å². The van der Waals surface area contributed by atoms with E-state index in [0.717, 1.165) is 51.0 Å². The first kappa shape index (κ1) is 15.0. The van der Waals surface area contributed by atoms with Crippen molar-refractivity contribution in [2.24, 2.45) is 5.92 Å². The minimum Gasteiger partial charge on any atom is -0.294 e. The van der Waals surface area contributed by atoms with E-state index in [1.807, 2.05) is 27.7 Å². The molecule has 1 atom stereocenters. The molecule has 0 saturated heterocycles. The van der Waals surface area contributed by atoms with Gasteiger partial charge in [0, 0.05) is 23.5 Å². The van der Waals surface area contributed by atoms with Gasteiger partial charge in [-0.15, -0.1) is 0 Å². The van der Waals surface area contributed by atoms with Crippen LogP contribution in [0.2, 0.25) is 0 Å². The number of hydrogen-bond donors (Lipinski definition) is 0. The molecule has 0 aromatic heterocycles. The van der Waals surface area contributed by atoms with Crippen molar-refractivity contribution in [3.63, 3.8) is 0 Å². The summed E-state index contributed by atoms with van der Waals surface area (Å²) in [5.74, 6) is 0.402. The number of hydrogen-bond acceptors (Lipinski definition) is 2. The van der Waals surface area contributed by atoms with E-state index >= 15 is 0 Å². The Bertz CT molecular complexity index is 758. The summed E-state index contributed by atoms with van der Waals surface area (Å²) in [7, 11) is 0. The molecule has 0 unspecified atom stereocenters. The number of rotatable bonds is 0. The molecule has 114 valence electrons. The van der Waals surface area contributed by atoms with E-state index < -0.39 is 0 Å². The normalized spacial score (nSPS) is 20.8. The Morgan fingerprint density at radius 2 is 1.82 bits per heavy atom. The lowest BCUT2D eigenvalue weighted by Crippen LogP contribution is -2.09. The Morgan fingerprint density at radius 1 is 1.14 bits per heavy atom. The van der Waals surface area contributed by atoms with Gasteiger partial charge in [0.15, 0.2) is 11.6 Å². The molecular weight excluding hydrogens is 272 g/mol. The maximum atomic E-state index is 12.7. The zero-order valence-electron chi connectivity index (χ0n) is 13.8. The van der Waals surface area contributed by atoms with E-state index in [-0.39, 0.29) is 17.5 Å². The van der Waals surface area contributed by atoms with Crippen LogP contribution in [-0.4, -0.2) is 11.6 Å². The van der Waals surface area contributed by atoms with E-state index in [1.165, 1.54) is 0 Å². The molecule has 0 amide bonds. The van der Waals surface area contributed by atoms with Crippen LogP contribution in [0.5, 0.6) is 0 Å². The monoisotopic (exact) mass is 294 g/mol. The van der Waals surface area contributed by atoms with Crippen LogP contribution in [0.15, 0.2) is 18.2 Å². The number of fused-ring (bicyclic) bond motifs is 3. The molecule has 1 aromatic rings. The van der Waals surface area contributed by atoms with Crippen LogP contribution in [0, 0.1) is 12.8 Å². The topological polar surface area (TPSA) is 34.1 Å². The van der Waals surface area contributed by atoms with Crippen LogP contribution in [0.25, 0.3) is 11.1 Å². The van der Waals surface area contributed by atoms with Crippen LogP contribution in [0.3, 0.4) is 0 Å². The van der Waals surface area contributed by atoms with Gasteiger partial charge >= 0.3 is 0 Å². The largest absolute Gasteiger partial charge is 0.294 e. The quantitative estimate of drug-likeness (QED) is 0.520. The molecule has 0 fully saturated rings. The fraction of sp³-hybridized carbons (Fsp3) is 0.400. The van der Waals surface area contributed by atoms with Crippen LogP contribution in [-0.2, 0) is 11.2 Å². The molecule has 2 aliphatic rings. The Labute approximate surface area is 131 Å². The molecular formula is C20H22O2. The molecule has 0 heterocycles. The Hall–Kier alpha value is -1.96. The van der Waals surface area contributed by atoms with E-state index in [4.69, 9.17) is 0 Å². The molecule has 2 heteroatoms. The maximum absolute atomic E-state index is 12.7. The summed E-state index contributed by atoms with van der Waals surface area (Å²) in [6.07, 6.45) is 1.92. The fourth-order valence-corrected chi connectivity index (χ4v) is 3.86. The maximum Gasteiger partial charge on any atom is 0.166 e. The molecule has 3 rings (SSSR count). The number of ketones is 2. The average Bonchev–Trinajstić information content (AvgIpc) is 2.63. The summed E-state index contributed by atoms with van der Waals surface area (Å²) in [6, 6.07) is 2.10. The fourth-order valence-electron chi connectivity index (χ4n) is 3.86. The number of benzene rings is 1. The SMILES string of the molecule is C=C1CCC(=O)C(=C(C)C)c2c(C)cc3c(c21)C(=O)[C@H](C)C3. The second kappa shape index (κ2) is 5.05. The van der Waals surface area contributed by atoms with Crippen molar-refractivity contribution in [3.8, 4) is 0 Å². The Balaban J connectivity index is 2.44. The predicted molar refractivity (Wildman–Crippen MR) is 89.9 cm³/mol. The first-order valence-corrected chi connectivity index (χ1v) is 7.92. The highest BCUT2D eigenvalue weighted by Crippen LogP contribution is 2.43. The van der Waals surface area contributed by atoms with Gasteiger partial charge in [0.1, 0.15) is 0 Å². The van der Waals surface area contributed by atoms with Crippen LogP contribution in [0.1, 0.15) is 66.2 Å². The van der Waals surface area contributed by atoms with Gasteiger partial charge in [-0.3, -0.25) is 9.59 Å². The summed E-state index contributed by atoms with van der Waals surface area (Å²) in [5, 5.41) is 0. The van der Waals surface area contributed by atoms with Crippen molar-refractivity contribution in [1.29, 1.82) is 0 Å². The summed E-state index contributed by atoms with van der Waals surface area (Å²) in [4.78, 5) is 25.2. The van der Waals surface area contributed by atoms with Crippen LogP contribution >= 0.6 is 0 Å². The van der Waals surface area contributed by atoms with Crippen molar-refractivity contribution in [1.82, 2.24) is 0 Å². The molecule has 22 heavy (non-hydrogen) atoms. The zero-order chi connectivity index (χ0) is 16.2. The lowest BCUT2D eigenvalue weighted by Gasteiger charge is -2.18. The standard InChI is InChI=1S/C20H22O2/c1-10(2)16-15(21)7-6-11(3)17-18(16)12(4)8-14-9-13(5)20(22)19(14)17/h8,13H,3,6-7,9H2,1-2,4-5H3/t13-/m1/s1. The average molecular weight is 294 g/mol. The highest BCUT2D eigenvalue weighted by atomic mass is 16.1. The van der Waals surface area contributed by atoms with Crippen LogP contribution in [0.4, 0.5) is 0 Å². The van der Waals surface area contributed by atoms with Gasteiger partial charge in [0.05, 0.1) is 0 Å². The first-order chi connectivity index (χ1) is 10.3. The van der Waals surface area contributed by atoms with E-state index in [0.29, 0.717) is 12.8 Å². The highest BCUT2D eigenvalue weighted by molar-refractivity contribution is 6.25. The van der Waals surface area contributed by atoms with Crippen molar-refractivity contribution in [3.05, 3.63) is 46.0 Å². The van der Waals surface area contributed by atoms with Gasteiger partial charge in [-0.1, -0.05) is 25.1 Å². The van der Waals surface area contributed by atoms with Crippen molar-refractivity contribution in [2.75, 3.05) is 0 Å². The molecule has 1 aromatic carbocycles. The second-order valence-electron chi connectivity index (χ2n) is 6.85. The molecule has 0 aliphatic heterocycles. The molecule has 2 aliphatic carbocycles. The lowest BCUT2D eigenvalue weighted by atomic mass is 9.85. The number of carbonyl (C=O) groups is 2. The summed E-state index contributed by atoms with van der Waals surface area (Å²) < 4.78 is 0. The second-order valence-corrected chi connectivity index (χ2v) is 6.85. The summed E-state index contributed by atoms with van der Waals surface area (Å²) in [5.41, 5.74) is 7.68. The van der Waals surface area contributed by atoms with Gasteiger partial charge in [0.2, 0.25) is 0 Å². The number of carbonyl (C=O) groups excluding carboxylic acids is 2. The third-order valence-corrected chi connectivity index (χ3v) is 4.86. The van der Waals surface area contributed by atoms with Gasteiger partial charge < -0.3 is 0 Å². The number of aryl methyl sites for hydroxylation is 1. The van der Waals surface area contributed by atoms with Crippen molar-refractivity contribution >= 4 is 22.7 Å². The number of allylic oxidation sites excluding steroid dienone is 3. The van der Waals surface area contributed by atoms with Crippen molar-refractivity contribution in [2.45, 2.75) is 47.0 Å². The zero-order valence-corrected chi connectivity index (χ0v) is 13.8. The van der Waals surface area contributed by atoms with E-state index in [2.05, 4.69) is 12.6 Å². The smallest absolute Gasteiger partial charge is 0.166 e. The third kappa shape index (κ3) is 2.01.